The fourth-order valence-corrected chi connectivity index (χ4v) is 4.24. The summed E-state index contributed by atoms with van der Waals surface area (Å²) in [7, 11) is -3.59. The highest BCUT2D eigenvalue weighted by molar-refractivity contribution is 7.92. The Hall–Kier alpha value is -1.94. The number of carbonyl (C=O) groups is 1. The summed E-state index contributed by atoms with van der Waals surface area (Å²) in [5.41, 5.74) is 1.38. The number of rotatable bonds is 6. The van der Waals surface area contributed by atoms with Crippen LogP contribution in [-0.2, 0) is 14.6 Å². The molecule has 110 valence electrons. The molecule has 21 heavy (non-hydrogen) atoms. The molecule has 0 aliphatic rings. The molecule has 0 N–H and O–H groups in total. The highest BCUT2D eigenvalue weighted by Gasteiger charge is 2.30. The summed E-state index contributed by atoms with van der Waals surface area (Å²) in [4.78, 5) is 11.6. The Morgan fingerprint density at radius 2 is 1.33 bits per heavy atom. The molecule has 2 rings (SSSR count). The first kappa shape index (κ1) is 15.4. The molecule has 0 aliphatic heterocycles. The Morgan fingerprint density at radius 3 is 1.71 bits per heavy atom. The standard InChI is InChI=1S/C17H18O3S/c1-2-16(18)13-21(19,20)17(14-9-5-3-6-10-14)15-11-7-4-8-12-15/h3-12,17H,2,13H2,1H3. The van der Waals surface area contributed by atoms with E-state index in [1.165, 1.54) is 0 Å². The first-order valence-electron chi connectivity index (χ1n) is 6.87. The third-order valence-corrected chi connectivity index (χ3v) is 5.31. The van der Waals surface area contributed by atoms with Gasteiger partial charge in [0.1, 0.15) is 16.8 Å². The van der Waals surface area contributed by atoms with Crippen molar-refractivity contribution in [3.63, 3.8) is 0 Å². The van der Waals surface area contributed by atoms with Gasteiger partial charge in [-0.1, -0.05) is 67.6 Å². The van der Waals surface area contributed by atoms with Crippen molar-refractivity contribution in [2.45, 2.75) is 18.6 Å². The lowest BCUT2D eigenvalue weighted by molar-refractivity contribution is -0.116. The Bertz CT molecular complexity index is 652. The number of benzene rings is 2. The largest absolute Gasteiger partial charge is 0.299 e. The molecular formula is C17H18O3S. The van der Waals surface area contributed by atoms with E-state index in [1.54, 1.807) is 31.2 Å². The molecule has 0 amide bonds. The number of hydrogen-bond donors (Lipinski definition) is 0. The topological polar surface area (TPSA) is 51.2 Å². The summed E-state index contributed by atoms with van der Waals surface area (Å²) in [6.07, 6.45) is 0.232. The summed E-state index contributed by atoms with van der Waals surface area (Å²) in [6.45, 7) is 1.68. The summed E-state index contributed by atoms with van der Waals surface area (Å²) in [5.74, 6) is -0.676. The minimum atomic E-state index is -3.59. The van der Waals surface area contributed by atoms with Gasteiger partial charge in [-0.25, -0.2) is 8.42 Å². The lowest BCUT2D eigenvalue weighted by atomic mass is 10.0. The van der Waals surface area contributed by atoms with Gasteiger partial charge in [-0.3, -0.25) is 4.79 Å². The van der Waals surface area contributed by atoms with Gasteiger partial charge in [0.15, 0.2) is 9.84 Å². The van der Waals surface area contributed by atoms with Gasteiger partial charge < -0.3 is 0 Å². The van der Waals surface area contributed by atoms with Crippen molar-refractivity contribution < 1.29 is 13.2 Å². The van der Waals surface area contributed by atoms with Crippen molar-refractivity contribution in [1.82, 2.24) is 0 Å². The molecule has 0 fully saturated rings. The van der Waals surface area contributed by atoms with Crippen LogP contribution in [0, 0.1) is 0 Å². The van der Waals surface area contributed by atoms with E-state index < -0.39 is 20.8 Å². The molecule has 2 aromatic carbocycles. The average Bonchev–Trinajstić information content (AvgIpc) is 2.48. The molecule has 0 bridgehead atoms. The van der Waals surface area contributed by atoms with Crippen LogP contribution < -0.4 is 0 Å². The van der Waals surface area contributed by atoms with Gasteiger partial charge in [0.25, 0.3) is 0 Å². The van der Waals surface area contributed by atoms with Crippen LogP contribution in [0.1, 0.15) is 29.7 Å². The van der Waals surface area contributed by atoms with Crippen LogP contribution in [0.4, 0.5) is 0 Å². The van der Waals surface area contributed by atoms with E-state index in [1.807, 2.05) is 36.4 Å². The van der Waals surface area contributed by atoms with E-state index in [0.717, 1.165) is 0 Å². The Labute approximate surface area is 125 Å². The monoisotopic (exact) mass is 302 g/mol. The Kier molecular flexibility index (Phi) is 4.91. The number of hydrogen-bond acceptors (Lipinski definition) is 3. The third kappa shape index (κ3) is 3.79. The second kappa shape index (κ2) is 6.68. The first-order valence-corrected chi connectivity index (χ1v) is 8.59. The molecule has 0 aliphatic carbocycles. The van der Waals surface area contributed by atoms with Crippen LogP contribution in [0.5, 0.6) is 0 Å². The van der Waals surface area contributed by atoms with Crippen LogP contribution in [0.2, 0.25) is 0 Å². The summed E-state index contributed by atoms with van der Waals surface area (Å²) < 4.78 is 25.4. The Balaban J connectivity index is 2.50. The third-order valence-electron chi connectivity index (χ3n) is 3.32. The Morgan fingerprint density at radius 1 is 0.905 bits per heavy atom. The predicted molar refractivity (Wildman–Crippen MR) is 83.8 cm³/mol. The zero-order valence-electron chi connectivity index (χ0n) is 11.9. The molecule has 0 atom stereocenters. The maximum absolute atomic E-state index is 12.7. The van der Waals surface area contributed by atoms with Gasteiger partial charge in [0.05, 0.1) is 0 Å². The van der Waals surface area contributed by atoms with Crippen LogP contribution in [0.25, 0.3) is 0 Å². The minimum Gasteiger partial charge on any atom is -0.299 e. The molecular weight excluding hydrogens is 284 g/mol. The van der Waals surface area contributed by atoms with Gasteiger partial charge in [0, 0.05) is 6.42 Å². The van der Waals surface area contributed by atoms with Gasteiger partial charge in [0.2, 0.25) is 0 Å². The van der Waals surface area contributed by atoms with E-state index in [4.69, 9.17) is 0 Å². The van der Waals surface area contributed by atoms with Gasteiger partial charge in [-0.05, 0) is 11.1 Å². The second-order valence-electron chi connectivity index (χ2n) is 4.90. The lowest BCUT2D eigenvalue weighted by Gasteiger charge is -2.18. The molecule has 0 spiro atoms. The average molecular weight is 302 g/mol. The van der Waals surface area contributed by atoms with Crippen LogP contribution in [-0.4, -0.2) is 20.0 Å². The maximum atomic E-state index is 12.7. The molecule has 0 heterocycles. The summed E-state index contributed by atoms with van der Waals surface area (Å²) in [6, 6.07) is 18.1. The van der Waals surface area contributed by atoms with Crippen molar-refractivity contribution in [3.05, 3.63) is 71.8 Å². The number of carbonyl (C=O) groups excluding carboxylic acids is 1. The van der Waals surface area contributed by atoms with Crippen molar-refractivity contribution >= 4 is 15.6 Å². The van der Waals surface area contributed by atoms with Gasteiger partial charge in [-0.15, -0.1) is 0 Å². The van der Waals surface area contributed by atoms with Crippen LogP contribution in [0.15, 0.2) is 60.7 Å². The van der Waals surface area contributed by atoms with Crippen LogP contribution in [0.3, 0.4) is 0 Å². The zero-order chi connectivity index (χ0) is 15.3. The van der Waals surface area contributed by atoms with Crippen molar-refractivity contribution in [2.24, 2.45) is 0 Å². The van der Waals surface area contributed by atoms with E-state index >= 15 is 0 Å². The van der Waals surface area contributed by atoms with Crippen molar-refractivity contribution in [1.29, 1.82) is 0 Å². The molecule has 4 heteroatoms. The first-order chi connectivity index (χ1) is 10.0. The quantitative estimate of drug-likeness (QED) is 0.823. The van der Waals surface area contributed by atoms with E-state index in [9.17, 15) is 13.2 Å². The van der Waals surface area contributed by atoms with E-state index in [2.05, 4.69) is 0 Å². The molecule has 0 radical (unpaired) electrons. The van der Waals surface area contributed by atoms with E-state index in [-0.39, 0.29) is 12.2 Å². The number of sulfone groups is 1. The maximum Gasteiger partial charge on any atom is 0.168 e. The number of ketones is 1. The lowest BCUT2D eigenvalue weighted by Crippen LogP contribution is -2.23. The highest BCUT2D eigenvalue weighted by atomic mass is 32.2. The summed E-state index contributed by atoms with van der Waals surface area (Å²) in [5, 5.41) is -0.796. The smallest absolute Gasteiger partial charge is 0.168 e. The SMILES string of the molecule is CCC(=O)CS(=O)(=O)C(c1ccccc1)c1ccccc1. The molecule has 2 aromatic rings. The fourth-order valence-electron chi connectivity index (χ4n) is 2.27. The van der Waals surface area contributed by atoms with Gasteiger partial charge in [-0.2, -0.15) is 0 Å². The fraction of sp³-hybridized carbons (Fsp3) is 0.235. The normalized spacial score (nSPS) is 11.5. The van der Waals surface area contributed by atoms with Crippen LogP contribution >= 0.6 is 0 Å². The predicted octanol–water partition coefficient (Wildman–Crippen LogP) is 3.17. The number of Topliss-reactive ketones (excluding diaryl/α,β-unsaturated/α-hetero) is 1. The van der Waals surface area contributed by atoms with E-state index in [0.29, 0.717) is 11.1 Å². The molecule has 0 unspecified atom stereocenters. The second-order valence-corrected chi connectivity index (χ2v) is 6.99. The molecule has 0 aromatic heterocycles. The molecule has 0 saturated heterocycles. The highest BCUT2D eigenvalue weighted by Crippen LogP contribution is 2.30. The summed E-state index contributed by atoms with van der Waals surface area (Å²) >= 11 is 0. The van der Waals surface area contributed by atoms with Gasteiger partial charge >= 0.3 is 0 Å². The van der Waals surface area contributed by atoms with Crippen molar-refractivity contribution in [2.75, 3.05) is 5.75 Å². The zero-order valence-corrected chi connectivity index (χ0v) is 12.7. The van der Waals surface area contributed by atoms with Crippen molar-refractivity contribution in [3.8, 4) is 0 Å². The molecule has 0 saturated carbocycles. The molecule has 3 nitrogen and oxygen atoms in total. The minimum absolute atomic E-state index is 0.232.